The van der Waals surface area contributed by atoms with Crippen LogP contribution in [0.4, 0.5) is 4.39 Å². The minimum Gasteiger partial charge on any atom is -0.345 e. The van der Waals surface area contributed by atoms with E-state index in [-0.39, 0.29) is 30.4 Å². The number of amides is 2. The lowest BCUT2D eigenvalue weighted by atomic mass is 9.93. The maximum absolute atomic E-state index is 13.9. The lowest BCUT2D eigenvalue weighted by Crippen LogP contribution is -2.48. The predicted octanol–water partition coefficient (Wildman–Crippen LogP) is 5.64. The SMILES string of the molecule is O=C(CN(C(=O)c1cccc(F)c1)C1CCCCC1)N(Cc1cccn1Cc1ccccc1)C1CC1. The second-order valence-corrected chi connectivity index (χ2v) is 10.1. The van der Waals surface area contributed by atoms with E-state index in [0.717, 1.165) is 57.2 Å². The summed E-state index contributed by atoms with van der Waals surface area (Å²) in [7, 11) is 0. The topological polar surface area (TPSA) is 45.6 Å². The van der Waals surface area contributed by atoms with Gasteiger partial charge in [0.1, 0.15) is 12.4 Å². The lowest BCUT2D eigenvalue weighted by molar-refractivity contribution is -0.133. The van der Waals surface area contributed by atoms with Crippen LogP contribution in [0.1, 0.15) is 66.6 Å². The second-order valence-electron chi connectivity index (χ2n) is 10.1. The molecule has 2 saturated carbocycles. The Labute approximate surface area is 212 Å². The van der Waals surface area contributed by atoms with E-state index < -0.39 is 5.82 Å². The van der Waals surface area contributed by atoms with Gasteiger partial charge in [0.05, 0.1) is 6.54 Å². The third-order valence-corrected chi connectivity index (χ3v) is 7.41. The van der Waals surface area contributed by atoms with E-state index >= 15 is 0 Å². The summed E-state index contributed by atoms with van der Waals surface area (Å²) in [4.78, 5) is 30.9. The smallest absolute Gasteiger partial charge is 0.254 e. The molecule has 188 valence electrons. The Hall–Kier alpha value is -3.41. The van der Waals surface area contributed by atoms with Crippen LogP contribution >= 0.6 is 0 Å². The van der Waals surface area contributed by atoms with Gasteiger partial charge in [-0.25, -0.2) is 4.39 Å². The van der Waals surface area contributed by atoms with Crippen molar-refractivity contribution < 1.29 is 14.0 Å². The number of rotatable bonds is 9. The molecule has 5 rings (SSSR count). The number of aromatic nitrogens is 1. The monoisotopic (exact) mass is 487 g/mol. The summed E-state index contributed by atoms with van der Waals surface area (Å²) < 4.78 is 16.1. The second kappa shape index (κ2) is 11.1. The van der Waals surface area contributed by atoms with Crippen LogP contribution in [-0.4, -0.2) is 44.8 Å². The quantitative estimate of drug-likeness (QED) is 0.392. The molecule has 5 nitrogen and oxygen atoms in total. The molecule has 2 aromatic carbocycles. The van der Waals surface area contributed by atoms with E-state index in [0.29, 0.717) is 12.1 Å². The molecule has 2 aliphatic rings. The Balaban J connectivity index is 1.34. The van der Waals surface area contributed by atoms with E-state index in [4.69, 9.17) is 0 Å². The van der Waals surface area contributed by atoms with Crippen molar-refractivity contribution in [3.63, 3.8) is 0 Å². The number of carbonyl (C=O) groups is 2. The summed E-state index contributed by atoms with van der Waals surface area (Å²) in [6.07, 6.45) is 9.06. The number of carbonyl (C=O) groups excluding carboxylic acids is 2. The zero-order chi connectivity index (χ0) is 24.9. The van der Waals surface area contributed by atoms with E-state index in [1.807, 2.05) is 29.2 Å². The van der Waals surface area contributed by atoms with Gasteiger partial charge in [-0.15, -0.1) is 0 Å². The van der Waals surface area contributed by atoms with Crippen molar-refractivity contribution in [2.75, 3.05) is 6.54 Å². The molecule has 6 heteroatoms. The summed E-state index contributed by atoms with van der Waals surface area (Å²) in [5.41, 5.74) is 2.60. The standard InChI is InChI=1S/C30H34FN3O2/c31-25-12-7-11-24(19-25)30(36)34(26-13-5-2-6-14-26)22-29(35)33(27-16-17-27)21-28-15-8-18-32(28)20-23-9-3-1-4-10-23/h1,3-4,7-12,15,18-19,26-27H,2,5-6,13-14,16-17,20-22H2. The molecule has 36 heavy (non-hydrogen) atoms. The van der Waals surface area contributed by atoms with Gasteiger partial charge in [-0.2, -0.15) is 0 Å². The predicted molar refractivity (Wildman–Crippen MR) is 138 cm³/mol. The molecule has 3 aromatic rings. The van der Waals surface area contributed by atoms with Crippen molar-refractivity contribution >= 4 is 11.8 Å². The van der Waals surface area contributed by atoms with E-state index in [1.54, 1.807) is 17.0 Å². The Kier molecular flexibility index (Phi) is 7.49. The van der Waals surface area contributed by atoms with Crippen LogP contribution in [0.3, 0.4) is 0 Å². The third-order valence-electron chi connectivity index (χ3n) is 7.41. The summed E-state index contributed by atoms with van der Waals surface area (Å²) in [6.45, 7) is 1.31. The highest BCUT2D eigenvalue weighted by molar-refractivity contribution is 5.96. The molecule has 0 aliphatic heterocycles. The Morgan fingerprint density at radius 1 is 0.833 bits per heavy atom. The zero-order valence-electron chi connectivity index (χ0n) is 20.7. The lowest BCUT2D eigenvalue weighted by Gasteiger charge is -2.35. The highest BCUT2D eigenvalue weighted by atomic mass is 19.1. The summed E-state index contributed by atoms with van der Waals surface area (Å²) in [6, 6.07) is 20.4. The zero-order valence-corrected chi connectivity index (χ0v) is 20.7. The fraction of sp³-hybridized carbons (Fsp3) is 0.400. The van der Waals surface area contributed by atoms with Crippen molar-refractivity contribution in [1.82, 2.24) is 14.4 Å². The molecule has 0 N–H and O–H groups in total. The average molecular weight is 488 g/mol. The van der Waals surface area contributed by atoms with E-state index in [9.17, 15) is 14.0 Å². The molecule has 0 radical (unpaired) electrons. The molecule has 0 bridgehead atoms. The number of halogens is 1. The fourth-order valence-electron chi connectivity index (χ4n) is 5.29. The summed E-state index contributed by atoms with van der Waals surface area (Å²) in [5.74, 6) is -0.715. The van der Waals surface area contributed by atoms with Crippen molar-refractivity contribution in [1.29, 1.82) is 0 Å². The number of hydrogen-bond donors (Lipinski definition) is 0. The molecular weight excluding hydrogens is 453 g/mol. The van der Waals surface area contributed by atoms with Gasteiger partial charge in [0, 0.05) is 36.1 Å². The third kappa shape index (κ3) is 5.86. The van der Waals surface area contributed by atoms with Crippen LogP contribution < -0.4 is 0 Å². The average Bonchev–Trinajstić information content (AvgIpc) is 3.66. The maximum Gasteiger partial charge on any atom is 0.254 e. The van der Waals surface area contributed by atoms with Gasteiger partial charge in [0.15, 0.2) is 0 Å². The van der Waals surface area contributed by atoms with Crippen molar-refractivity contribution in [2.24, 2.45) is 0 Å². The molecule has 0 saturated heterocycles. The number of nitrogens with zero attached hydrogens (tertiary/aromatic N) is 3. The van der Waals surface area contributed by atoms with E-state index in [1.165, 1.54) is 17.7 Å². The highest BCUT2D eigenvalue weighted by Gasteiger charge is 2.36. The molecule has 1 heterocycles. The molecule has 2 aliphatic carbocycles. The minimum atomic E-state index is -0.436. The minimum absolute atomic E-state index is 0.0152. The van der Waals surface area contributed by atoms with Crippen molar-refractivity contribution in [3.05, 3.63) is 95.6 Å². The Morgan fingerprint density at radius 3 is 2.31 bits per heavy atom. The van der Waals surface area contributed by atoms with Crippen LogP contribution in [0, 0.1) is 5.82 Å². The van der Waals surface area contributed by atoms with Gasteiger partial charge in [-0.05, 0) is 61.6 Å². The normalized spacial score (nSPS) is 16.0. The van der Waals surface area contributed by atoms with Gasteiger partial charge in [0.2, 0.25) is 5.91 Å². The van der Waals surface area contributed by atoms with Crippen LogP contribution in [0.2, 0.25) is 0 Å². The number of benzene rings is 2. The maximum atomic E-state index is 13.9. The van der Waals surface area contributed by atoms with E-state index in [2.05, 4.69) is 29.0 Å². The first-order chi connectivity index (χ1) is 17.6. The van der Waals surface area contributed by atoms with Gasteiger partial charge in [-0.3, -0.25) is 9.59 Å². The highest BCUT2D eigenvalue weighted by Crippen LogP contribution is 2.30. The Bertz CT molecular complexity index is 1180. The first-order valence-electron chi connectivity index (χ1n) is 13.1. The van der Waals surface area contributed by atoms with Gasteiger partial charge in [-0.1, -0.05) is 55.7 Å². The van der Waals surface area contributed by atoms with Crippen molar-refractivity contribution in [3.8, 4) is 0 Å². The molecule has 2 amide bonds. The molecule has 0 atom stereocenters. The fourth-order valence-corrected chi connectivity index (χ4v) is 5.29. The molecule has 2 fully saturated rings. The summed E-state index contributed by atoms with van der Waals surface area (Å²) >= 11 is 0. The largest absolute Gasteiger partial charge is 0.345 e. The number of hydrogen-bond acceptors (Lipinski definition) is 2. The van der Waals surface area contributed by atoms with Crippen LogP contribution in [0.15, 0.2) is 72.9 Å². The molecule has 0 unspecified atom stereocenters. The van der Waals surface area contributed by atoms with Gasteiger partial charge in [0.25, 0.3) is 5.91 Å². The van der Waals surface area contributed by atoms with Gasteiger partial charge < -0.3 is 14.4 Å². The molecule has 1 aromatic heterocycles. The Morgan fingerprint density at radius 2 is 1.58 bits per heavy atom. The first-order valence-corrected chi connectivity index (χ1v) is 13.1. The first kappa shape index (κ1) is 24.3. The van der Waals surface area contributed by atoms with Gasteiger partial charge >= 0.3 is 0 Å². The molecule has 0 spiro atoms. The van der Waals surface area contributed by atoms with Crippen LogP contribution in [0.25, 0.3) is 0 Å². The van der Waals surface area contributed by atoms with Crippen molar-refractivity contribution in [2.45, 2.75) is 70.1 Å². The summed E-state index contributed by atoms with van der Waals surface area (Å²) in [5, 5.41) is 0. The molecular formula is C30H34FN3O2. The van der Waals surface area contributed by atoms with Crippen LogP contribution in [0.5, 0.6) is 0 Å². The van der Waals surface area contributed by atoms with Crippen LogP contribution in [-0.2, 0) is 17.9 Å².